The van der Waals surface area contributed by atoms with Gasteiger partial charge in [-0.3, -0.25) is 4.79 Å². The molecule has 0 bridgehead atoms. The molecule has 6 heteroatoms. The minimum Gasteiger partial charge on any atom is -0.350 e. The van der Waals surface area contributed by atoms with E-state index in [1.54, 1.807) is 25.1 Å². The number of hydrogen-bond acceptors (Lipinski definition) is 4. The van der Waals surface area contributed by atoms with Crippen LogP contribution in [0.1, 0.15) is 27.4 Å². The lowest BCUT2D eigenvalue weighted by atomic mass is 10.1. The van der Waals surface area contributed by atoms with Crippen LogP contribution in [0.2, 0.25) is 0 Å². The highest BCUT2D eigenvalue weighted by Crippen LogP contribution is 2.33. The van der Waals surface area contributed by atoms with Crippen molar-refractivity contribution in [2.75, 3.05) is 18.0 Å². The molecule has 0 unspecified atom stereocenters. The fourth-order valence-corrected chi connectivity index (χ4v) is 3.44. The maximum Gasteiger partial charge on any atom is 0.270 e. The van der Waals surface area contributed by atoms with Gasteiger partial charge in [-0.25, -0.2) is 14.4 Å². The summed E-state index contributed by atoms with van der Waals surface area (Å²) in [5.74, 6) is 0.799. The summed E-state index contributed by atoms with van der Waals surface area (Å²) < 4.78 is 13.0. The number of fused-ring (bicyclic) bond motifs is 1. The van der Waals surface area contributed by atoms with Gasteiger partial charge in [0.15, 0.2) is 0 Å². The molecule has 1 aromatic heterocycles. The van der Waals surface area contributed by atoms with E-state index in [-0.39, 0.29) is 11.7 Å². The largest absolute Gasteiger partial charge is 0.350 e. The van der Waals surface area contributed by atoms with Gasteiger partial charge in [0.1, 0.15) is 23.2 Å². The number of para-hydroxylation sites is 1. The first-order valence-electron chi connectivity index (χ1n) is 9.34. The standard InChI is InChI=1S/C22H21FN4O/c1-15-25-19(22(28)24-12-10-16-6-8-18(23)9-7-16)14-21(26-15)27-13-11-17-4-2-3-5-20(17)27/h2-9,14H,10-13H2,1H3,(H,24,28). The van der Waals surface area contributed by atoms with E-state index in [1.807, 2.05) is 12.1 Å². The monoisotopic (exact) mass is 376 g/mol. The maximum atomic E-state index is 13.0. The molecule has 1 N–H and O–H groups in total. The highest BCUT2D eigenvalue weighted by atomic mass is 19.1. The average molecular weight is 376 g/mol. The lowest BCUT2D eigenvalue weighted by molar-refractivity contribution is 0.0948. The van der Waals surface area contributed by atoms with Crippen LogP contribution in [0.4, 0.5) is 15.9 Å². The summed E-state index contributed by atoms with van der Waals surface area (Å²) in [5, 5.41) is 2.88. The van der Waals surface area contributed by atoms with Gasteiger partial charge in [0.2, 0.25) is 0 Å². The number of nitrogens with one attached hydrogen (secondary N) is 1. The van der Waals surface area contributed by atoms with Gasteiger partial charge in [-0.05, 0) is 49.1 Å². The number of rotatable bonds is 5. The van der Waals surface area contributed by atoms with Crippen LogP contribution in [0.15, 0.2) is 54.6 Å². The lowest BCUT2D eigenvalue weighted by Crippen LogP contribution is -2.27. The Balaban J connectivity index is 1.46. The Hall–Kier alpha value is -3.28. The second-order valence-electron chi connectivity index (χ2n) is 6.82. The Kier molecular flexibility index (Phi) is 5.02. The minimum absolute atomic E-state index is 0.235. The molecule has 142 valence electrons. The lowest BCUT2D eigenvalue weighted by Gasteiger charge is -2.19. The van der Waals surface area contributed by atoms with Gasteiger partial charge >= 0.3 is 0 Å². The minimum atomic E-state index is -0.264. The van der Waals surface area contributed by atoms with Gasteiger partial charge in [0.05, 0.1) is 0 Å². The van der Waals surface area contributed by atoms with Gasteiger partial charge in [0.25, 0.3) is 5.91 Å². The molecule has 1 amide bonds. The number of anilines is 2. The summed E-state index contributed by atoms with van der Waals surface area (Å²) >= 11 is 0. The average Bonchev–Trinajstić information content (AvgIpc) is 3.13. The van der Waals surface area contributed by atoms with Crippen molar-refractivity contribution in [2.45, 2.75) is 19.8 Å². The normalized spacial score (nSPS) is 12.7. The van der Waals surface area contributed by atoms with E-state index in [0.717, 1.165) is 30.0 Å². The van der Waals surface area contributed by atoms with Crippen molar-refractivity contribution in [1.82, 2.24) is 15.3 Å². The molecule has 2 heterocycles. The van der Waals surface area contributed by atoms with E-state index in [2.05, 4.69) is 32.3 Å². The molecule has 1 aliphatic heterocycles. The Morgan fingerprint density at radius 1 is 1.14 bits per heavy atom. The summed E-state index contributed by atoms with van der Waals surface area (Å²) in [6.45, 7) is 3.08. The third kappa shape index (κ3) is 3.86. The van der Waals surface area contributed by atoms with Gasteiger partial charge in [-0.15, -0.1) is 0 Å². The van der Waals surface area contributed by atoms with Crippen molar-refractivity contribution in [3.8, 4) is 0 Å². The quantitative estimate of drug-likeness (QED) is 0.739. The van der Waals surface area contributed by atoms with Crippen molar-refractivity contribution in [1.29, 1.82) is 0 Å². The topological polar surface area (TPSA) is 58.1 Å². The van der Waals surface area contributed by atoms with E-state index in [9.17, 15) is 9.18 Å². The molecule has 0 aliphatic carbocycles. The summed E-state index contributed by atoms with van der Waals surface area (Å²) in [5.41, 5.74) is 3.73. The Bertz CT molecular complexity index is 1000. The van der Waals surface area contributed by atoms with Crippen molar-refractivity contribution in [3.05, 3.63) is 83.1 Å². The van der Waals surface area contributed by atoms with Gasteiger partial charge < -0.3 is 10.2 Å². The summed E-state index contributed by atoms with van der Waals surface area (Å²) in [7, 11) is 0. The van der Waals surface area contributed by atoms with Crippen molar-refractivity contribution in [3.63, 3.8) is 0 Å². The first-order valence-corrected chi connectivity index (χ1v) is 9.34. The molecule has 0 fully saturated rings. The van der Waals surface area contributed by atoms with Crippen LogP contribution < -0.4 is 10.2 Å². The highest BCUT2D eigenvalue weighted by molar-refractivity contribution is 5.93. The summed E-state index contributed by atoms with van der Waals surface area (Å²) in [6, 6.07) is 16.3. The van der Waals surface area contributed by atoms with Crippen LogP contribution in [0.3, 0.4) is 0 Å². The molecular formula is C22H21FN4O. The van der Waals surface area contributed by atoms with Crippen LogP contribution in [-0.4, -0.2) is 29.0 Å². The molecular weight excluding hydrogens is 355 g/mol. The molecule has 5 nitrogen and oxygen atoms in total. The smallest absolute Gasteiger partial charge is 0.270 e. The number of nitrogens with zero attached hydrogens (tertiary/aromatic N) is 3. The van der Waals surface area contributed by atoms with Gasteiger partial charge in [-0.1, -0.05) is 30.3 Å². The van der Waals surface area contributed by atoms with Crippen LogP contribution in [-0.2, 0) is 12.8 Å². The van der Waals surface area contributed by atoms with Crippen molar-refractivity contribution < 1.29 is 9.18 Å². The van der Waals surface area contributed by atoms with E-state index < -0.39 is 0 Å². The van der Waals surface area contributed by atoms with Crippen LogP contribution in [0.25, 0.3) is 0 Å². The number of aromatic nitrogens is 2. The highest BCUT2D eigenvalue weighted by Gasteiger charge is 2.22. The Morgan fingerprint density at radius 2 is 1.93 bits per heavy atom. The number of halogens is 1. The first kappa shape index (κ1) is 18.1. The molecule has 0 saturated carbocycles. The molecule has 4 rings (SSSR count). The molecule has 28 heavy (non-hydrogen) atoms. The number of benzene rings is 2. The van der Waals surface area contributed by atoms with E-state index in [0.29, 0.717) is 24.5 Å². The second-order valence-corrected chi connectivity index (χ2v) is 6.82. The van der Waals surface area contributed by atoms with Gasteiger partial charge in [0, 0.05) is 24.8 Å². The van der Waals surface area contributed by atoms with E-state index in [4.69, 9.17) is 0 Å². The molecule has 3 aromatic rings. The van der Waals surface area contributed by atoms with E-state index >= 15 is 0 Å². The van der Waals surface area contributed by atoms with E-state index in [1.165, 1.54) is 17.7 Å². The third-order valence-corrected chi connectivity index (χ3v) is 4.83. The Morgan fingerprint density at radius 3 is 2.75 bits per heavy atom. The number of carbonyl (C=O) groups excluding carboxylic acids is 1. The number of carbonyl (C=O) groups is 1. The molecule has 0 spiro atoms. The SMILES string of the molecule is Cc1nc(C(=O)NCCc2ccc(F)cc2)cc(N2CCc3ccccc32)n1. The zero-order valence-electron chi connectivity index (χ0n) is 15.7. The maximum absolute atomic E-state index is 13.0. The first-order chi connectivity index (χ1) is 13.6. The molecule has 0 radical (unpaired) electrons. The van der Waals surface area contributed by atoms with Crippen molar-refractivity contribution >= 4 is 17.4 Å². The molecule has 0 saturated heterocycles. The van der Waals surface area contributed by atoms with Crippen LogP contribution in [0.5, 0.6) is 0 Å². The fraction of sp³-hybridized carbons (Fsp3) is 0.227. The number of hydrogen-bond donors (Lipinski definition) is 1. The van der Waals surface area contributed by atoms with Crippen LogP contribution >= 0.6 is 0 Å². The molecule has 0 atom stereocenters. The number of aryl methyl sites for hydroxylation is 1. The van der Waals surface area contributed by atoms with Crippen molar-refractivity contribution in [2.24, 2.45) is 0 Å². The van der Waals surface area contributed by atoms with Gasteiger partial charge in [-0.2, -0.15) is 0 Å². The molecule has 2 aromatic carbocycles. The zero-order valence-corrected chi connectivity index (χ0v) is 15.7. The Labute approximate surface area is 163 Å². The molecule has 1 aliphatic rings. The predicted octanol–water partition coefficient (Wildman–Crippen LogP) is 3.59. The second kappa shape index (κ2) is 7.76. The summed E-state index contributed by atoms with van der Waals surface area (Å²) in [4.78, 5) is 23.5. The van der Waals surface area contributed by atoms with Crippen LogP contribution in [0, 0.1) is 12.7 Å². The third-order valence-electron chi connectivity index (χ3n) is 4.83. The number of amides is 1. The summed E-state index contributed by atoms with van der Waals surface area (Å²) in [6.07, 6.45) is 1.58. The predicted molar refractivity (Wildman–Crippen MR) is 106 cm³/mol. The fourth-order valence-electron chi connectivity index (χ4n) is 3.44. The zero-order chi connectivity index (χ0) is 19.5.